The molecule has 0 radical (unpaired) electrons. The average Bonchev–Trinajstić information content (AvgIpc) is 3.21. The molecule has 1 aliphatic rings. The lowest BCUT2D eigenvalue weighted by Crippen LogP contribution is -2.37. The van der Waals surface area contributed by atoms with Crippen LogP contribution < -0.4 is 5.32 Å². The standard InChI is InChI=1S/C18H20FN3O4/c1-10(23)15-16(12-3-5-13(19)6-4-12)21-26-17(15)18(25)22-8-7-14(9-22)20-11(2)24/h3-6,10,14,23H,7-9H2,1-2H3,(H,20,24)/t10-,14+/m0/s1. The van der Waals surface area contributed by atoms with Gasteiger partial charge >= 0.3 is 0 Å². The molecule has 1 saturated heterocycles. The van der Waals surface area contributed by atoms with Crippen molar-refractivity contribution in [3.8, 4) is 11.3 Å². The number of halogens is 1. The Morgan fingerprint density at radius 1 is 1.38 bits per heavy atom. The molecule has 0 unspecified atom stereocenters. The highest BCUT2D eigenvalue weighted by molar-refractivity contribution is 5.95. The van der Waals surface area contributed by atoms with Gasteiger partial charge < -0.3 is 19.8 Å². The Balaban J connectivity index is 1.87. The van der Waals surface area contributed by atoms with Crippen molar-refractivity contribution >= 4 is 11.8 Å². The van der Waals surface area contributed by atoms with Gasteiger partial charge in [-0.3, -0.25) is 9.59 Å². The largest absolute Gasteiger partial charge is 0.388 e. The second kappa shape index (κ2) is 7.25. The highest BCUT2D eigenvalue weighted by Crippen LogP contribution is 2.32. The Labute approximate surface area is 149 Å². The second-order valence-corrected chi connectivity index (χ2v) is 6.39. The summed E-state index contributed by atoms with van der Waals surface area (Å²) in [5.74, 6) is -0.974. The third kappa shape index (κ3) is 3.60. The van der Waals surface area contributed by atoms with Crippen molar-refractivity contribution in [3.63, 3.8) is 0 Å². The highest BCUT2D eigenvalue weighted by Gasteiger charge is 2.33. The molecule has 1 aromatic carbocycles. The van der Waals surface area contributed by atoms with E-state index >= 15 is 0 Å². The summed E-state index contributed by atoms with van der Waals surface area (Å²) in [7, 11) is 0. The van der Waals surface area contributed by atoms with Crippen molar-refractivity contribution < 1.29 is 23.6 Å². The molecule has 0 aliphatic carbocycles. The normalized spacial score (nSPS) is 18.0. The lowest BCUT2D eigenvalue weighted by atomic mass is 10.0. The third-order valence-electron chi connectivity index (χ3n) is 4.34. The maximum Gasteiger partial charge on any atom is 0.292 e. The molecule has 2 heterocycles. The number of aliphatic hydroxyl groups excluding tert-OH is 1. The number of hydrogen-bond acceptors (Lipinski definition) is 5. The van der Waals surface area contributed by atoms with Crippen LogP contribution in [0.15, 0.2) is 28.8 Å². The van der Waals surface area contributed by atoms with E-state index in [0.29, 0.717) is 30.8 Å². The van der Waals surface area contributed by atoms with Crippen LogP contribution in [0.2, 0.25) is 0 Å². The third-order valence-corrected chi connectivity index (χ3v) is 4.34. The number of nitrogens with one attached hydrogen (secondary N) is 1. The van der Waals surface area contributed by atoms with Gasteiger partial charge in [-0.1, -0.05) is 5.16 Å². The summed E-state index contributed by atoms with van der Waals surface area (Å²) in [5, 5.41) is 16.9. The van der Waals surface area contributed by atoms with Gasteiger partial charge in [-0.2, -0.15) is 0 Å². The SMILES string of the molecule is CC(=O)N[C@@H]1CCN(C(=O)c2onc(-c3ccc(F)cc3)c2[C@H](C)O)C1. The first kappa shape index (κ1) is 18.1. The van der Waals surface area contributed by atoms with Crippen molar-refractivity contribution in [1.82, 2.24) is 15.4 Å². The number of amides is 2. The van der Waals surface area contributed by atoms with E-state index < -0.39 is 17.8 Å². The van der Waals surface area contributed by atoms with Crippen molar-refractivity contribution in [2.75, 3.05) is 13.1 Å². The number of likely N-dealkylation sites (tertiary alicyclic amines) is 1. The molecule has 2 atom stereocenters. The van der Waals surface area contributed by atoms with E-state index in [0.717, 1.165) is 0 Å². The number of aliphatic hydroxyl groups is 1. The minimum Gasteiger partial charge on any atom is -0.388 e. The van der Waals surface area contributed by atoms with Crippen LogP contribution >= 0.6 is 0 Å². The molecule has 2 aromatic rings. The zero-order valence-electron chi connectivity index (χ0n) is 14.5. The van der Waals surface area contributed by atoms with Crippen molar-refractivity contribution in [2.24, 2.45) is 0 Å². The van der Waals surface area contributed by atoms with Crippen LogP contribution in [0, 0.1) is 5.82 Å². The van der Waals surface area contributed by atoms with Crippen LogP contribution in [0.25, 0.3) is 11.3 Å². The lowest BCUT2D eigenvalue weighted by molar-refractivity contribution is -0.119. The van der Waals surface area contributed by atoms with Crippen LogP contribution in [0.5, 0.6) is 0 Å². The number of carbonyl (C=O) groups is 2. The predicted octanol–water partition coefficient (Wildman–Crippen LogP) is 1.88. The quantitative estimate of drug-likeness (QED) is 0.867. The van der Waals surface area contributed by atoms with Crippen molar-refractivity contribution in [2.45, 2.75) is 32.4 Å². The minimum atomic E-state index is -0.992. The second-order valence-electron chi connectivity index (χ2n) is 6.39. The molecule has 2 N–H and O–H groups in total. The van der Waals surface area contributed by atoms with Crippen LogP contribution in [0.3, 0.4) is 0 Å². The molecule has 138 valence electrons. The molecule has 3 rings (SSSR count). The monoisotopic (exact) mass is 361 g/mol. The summed E-state index contributed by atoms with van der Waals surface area (Å²) in [6, 6.07) is 5.46. The van der Waals surface area contributed by atoms with E-state index in [4.69, 9.17) is 4.52 Å². The zero-order chi connectivity index (χ0) is 18.8. The van der Waals surface area contributed by atoms with E-state index in [1.54, 1.807) is 4.90 Å². The summed E-state index contributed by atoms with van der Waals surface area (Å²) in [6.45, 7) is 3.78. The molecule has 0 bridgehead atoms. The Bertz CT molecular complexity index is 816. The summed E-state index contributed by atoms with van der Waals surface area (Å²) in [6.07, 6.45) is -0.345. The fourth-order valence-corrected chi connectivity index (χ4v) is 3.15. The van der Waals surface area contributed by atoms with Gasteiger partial charge in [-0.15, -0.1) is 0 Å². The highest BCUT2D eigenvalue weighted by atomic mass is 19.1. The summed E-state index contributed by atoms with van der Waals surface area (Å²) < 4.78 is 18.4. The Morgan fingerprint density at radius 3 is 2.69 bits per heavy atom. The summed E-state index contributed by atoms with van der Waals surface area (Å²) in [4.78, 5) is 25.5. The topological polar surface area (TPSA) is 95.7 Å². The van der Waals surface area contributed by atoms with Gasteiger partial charge in [0, 0.05) is 31.6 Å². The summed E-state index contributed by atoms with van der Waals surface area (Å²) >= 11 is 0. The van der Waals surface area contributed by atoms with Crippen LogP contribution in [-0.2, 0) is 4.79 Å². The van der Waals surface area contributed by atoms with Gasteiger partial charge in [0.25, 0.3) is 5.91 Å². The molecule has 0 saturated carbocycles. The molecule has 2 amide bonds. The Hall–Kier alpha value is -2.74. The van der Waals surface area contributed by atoms with Crippen LogP contribution in [0.4, 0.5) is 4.39 Å². The van der Waals surface area contributed by atoms with E-state index in [1.807, 2.05) is 0 Å². The van der Waals surface area contributed by atoms with Gasteiger partial charge in [-0.25, -0.2) is 4.39 Å². The number of benzene rings is 1. The maximum atomic E-state index is 13.1. The van der Waals surface area contributed by atoms with E-state index in [-0.39, 0.29) is 23.3 Å². The number of hydrogen-bond donors (Lipinski definition) is 2. The first-order valence-electron chi connectivity index (χ1n) is 8.36. The Morgan fingerprint density at radius 2 is 2.08 bits per heavy atom. The van der Waals surface area contributed by atoms with Crippen LogP contribution in [-0.4, -0.2) is 46.1 Å². The van der Waals surface area contributed by atoms with Crippen molar-refractivity contribution in [1.29, 1.82) is 0 Å². The fraction of sp³-hybridized carbons (Fsp3) is 0.389. The molecular weight excluding hydrogens is 341 g/mol. The average molecular weight is 361 g/mol. The molecule has 8 heteroatoms. The predicted molar refractivity (Wildman–Crippen MR) is 90.7 cm³/mol. The lowest BCUT2D eigenvalue weighted by Gasteiger charge is -2.16. The molecular formula is C18H20FN3O4. The molecule has 1 fully saturated rings. The fourth-order valence-electron chi connectivity index (χ4n) is 3.15. The Kier molecular flexibility index (Phi) is 5.03. The first-order valence-corrected chi connectivity index (χ1v) is 8.36. The van der Waals surface area contributed by atoms with Crippen molar-refractivity contribution in [3.05, 3.63) is 41.4 Å². The smallest absolute Gasteiger partial charge is 0.292 e. The van der Waals surface area contributed by atoms with Gasteiger partial charge in [-0.05, 0) is 37.6 Å². The van der Waals surface area contributed by atoms with E-state index in [2.05, 4.69) is 10.5 Å². The van der Waals surface area contributed by atoms with E-state index in [9.17, 15) is 19.1 Å². The van der Waals surface area contributed by atoms with E-state index in [1.165, 1.54) is 38.1 Å². The molecule has 26 heavy (non-hydrogen) atoms. The molecule has 0 spiro atoms. The van der Waals surface area contributed by atoms with Gasteiger partial charge in [0.15, 0.2) is 0 Å². The number of rotatable bonds is 4. The minimum absolute atomic E-state index is 0.0391. The summed E-state index contributed by atoms with van der Waals surface area (Å²) in [5.41, 5.74) is 1.12. The van der Waals surface area contributed by atoms with Gasteiger partial charge in [0.05, 0.1) is 11.7 Å². The van der Waals surface area contributed by atoms with Crippen LogP contribution in [0.1, 0.15) is 42.5 Å². The van der Waals surface area contributed by atoms with Gasteiger partial charge in [0.2, 0.25) is 11.7 Å². The number of aromatic nitrogens is 1. The number of nitrogens with zero attached hydrogens (tertiary/aromatic N) is 2. The molecule has 7 nitrogen and oxygen atoms in total. The van der Waals surface area contributed by atoms with Gasteiger partial charge in [0.1, 0.15) is 11.5 Å². The number of carbonyl (C=O) groups excluding carboxylic acids is 2. The molecule has 1 aromatic heterocycles. The maximum absolute atomic E-state index is 13.1. The first-order chi connectivity index (χ1) is 12.4. The molecule has 1 aliphatic heterocycles. The zero-order valence-corrected chi connectivity index (χ0v) is 14.5.